The van der Waals surface area contributed by atoms with Gasteiger partial charge in [-0.2, -0.15) is 4.98 Å². The fourth-order valence-corrected chi connectivity index (χ4v) is 1.53. The summed E-state index contributed by atoms with van der Waals surface area (Å²) in [4.78, 5) is 4.15. The Hall–Kier alpha value is -1.82. The molecule has 1 heterocycles. The first-order valence-electron chi connectivity index (χ1n) is 5.53. The average Bonchev–Trinajstić information content (AvgIpc) is 2.75. The molecule has 0 saturated carbocycles. The van der Waals surface area contributed by atoms with Crippen LogP contribution in [0.5, 0.6) is 0 Å². The normalized spacial score (nSPS) is 12.7. The molecule has 1 atom stereocenters. The molecule has 0 aliphatic heterocycles. The summed E-state index contributed by atoms with van der Waals surface area (Å²) in [7, 11) is 1.77. The van der Waals surface area contributed by atoms with Crippen molar-refractivity contribution in [2.75, 3.05) is 7.05 Å². The van der Waals surface area contributed by atoms with Crippen molar-refractivity contribution in [1.29, 1.82) is 0 Å². The lowest BCUT2D eigenvalue weighted by Gasteiger charge is -2.01. The van der Waals surface area contributed by atoms with Gasteiger partial charge < -0.3 is 9.84 Å². The van der Waals surface area contributed by atoms with Crippen molar-refractivity contribution in [2.24, 2.45) is 0 Å². The van der Waals surface area contributed by atoms with Crippen LogP contribution in [0.2, 0.25) is 0 Å². The maximum absolute atomic E-state index is 13.0. The van der Waals surface area contributed by atoms with Crippen LogP contribution in [0.25, 0.3) is 0 Å². The molecule has 0 bridgehead atoms. The van der Waals surface area contributed by atoms with Crippen LogP contribution < -0.4 is 5.32 Å². The number of rotatable bonds is 4. The Balaban J connectivity index is 2.16. The number of nitrogens with zero attached hydrogens (tertiary/aromatic N) is 2. The lowest BCUT2D eigenvalue weighted by atomic mass is 10.1. The van der Waals surface area contributed by atoms with Gasteiger partial charge in [0.1, 0.15) is 11.6 Å². The van der Waals surface area contributed by atoms with Gasteiger partial charge in [0.2, 0.25) is 5.89 Å². The average molecular weight is 253 g/mol. The lowest BCUT2D eigenvalue weighted by Crippen LogP contribution is -2.12. The van der Waals surface area contributed by atoms with Crippen molar-refractivity contribution in [3.05, 3.63) is 47.1 Å². The van der Waals surface area contributed by atoms with Gasteiger partial charge in [-0.05, 0) is 31.7 Å². The molecule has 1 aromatic heterocycles. The SMILES string of the molecule is CNC(C)c1nc(Cc2cc(F)cc(F)c2)no1. The van der Waals surface area contributed by atoms with Crippen LogP contribution in [0.15, 0.2) is 22.7 Å². The number of hydrogen-bond donors (Lipinski definition) is 1. The third kappa shape index (κ3) is 2.89. The van der Waals surface area contributed by atoms with Gasteiger partial charge in [0, 0.05) is 12.5 Å². The minimum absolute atomic E-state index is 0.0597. The first kappa shape index (κ1) is 12.6. The van der Waals surface area contributed by atoms with Gasteiger partial charge in [0.05, 0.1) is 6.04 Å². The summed E-state index contributed by atoms with van der Waals surface area (Å²) in [5.74, 6) is -0.379. The summed E-state index contributed by atoms with van der Waals surface area (Å²) in [6.45, 7) is 1.87. The molecule has 2 aromatic rings. The van der Waals surface area contributed by atoms with Gasteiger partial charge in [0.15, 0.2) is 5.82 Å². The standard InChI is InChI=1S/C12H13F2N3O/c1-7(15-2)12-16-11(17-18-12)5-8-3-9(13)6-10(14)4-8/h3-4,6-7,15H,5H2,1-2H3. The molecule has 18 heavy (non-hydrogen) atoms. The highest BCUT2D eigenvalue weighted by Crippen LogP contribution is 2.14. The van der Waals surface area contributed by atoms with E-state index in [-0.39, 0.29) is 12.5 Å². The third-order valence-corrected chi connectivity index (χ3v) is 2.57. The smallest absolute Gasteiger partial charge is 0.243 e. The molecule has 2 rings (SSSR count). The summed E-state index contributed by atoms with van der Waals surface area (Å²) in [6.07, 6.45) is 0.231. The van der Waals surface area contributed by atoms with Gasteiger partial charge in [-0.15, -0.1) is 0 Å². The minimum atomic E-state index is -0.614. The summed E-state index contributed by atoms with van der Waals surface area (Å²) in [5, 5.41) is 6.73. The summed E-state index contributed by atoms with van der Waals surface area (Å²) in [6, 6.07) is 3.27. The Kier molecular flexibility index (Phi) is 3.66. The molecule has 0 saturated heterocycles. The molecule has 6 heteroatoms. The van der Waals surface area contributed by atoms with E-state index in [2.05, 4.69) is 15.5 Å². The molecule has 1 aromatic carbocycles. The van der Waals surface area contributed by atoms with Crippen LogP contribution >= 0.6 is 0 Å². The summed E-state index contributed by atoms with van der Waals surface area (Å²) in [5.41, 5.74) is 0.469. The van der Waals surface area contributed by atoms with Crippen molar-refractivity contribution in [3.63, 3.8) is 0 Å². The highest BCUT2D eigenvalue weighted by molar-refractivity contribution is 5.21. The molecule has 4 nitrogen and oxygen atoms in total. The largest absolute Gasteiger partial charge is 0.338 e. The Labute approximate surface area is 103 Å². The quantitative estimate of drug-likeness (QED) is 0.907. The first-order valence-corrected chi connectivity index (χ1v) is 5.53. The van der Waals surface area contributed by atoms with E-state index in [1.54, 1.807) is 7.05 Å². The Morgan fingerprint density at radius 3 is 2.56 bits per heavy atom. The predicted molar refractivity (Wildman–Crippen MR) is 60.9 cm³/mol. The van der Waals surface area contributed by atoms with Crippen molar-refractivity contribution in [3.8, 4) is 0 Å². The van der Waals surface area contributed by atoms with E-state index in [4.69, 9.17) is 4.52 Å². The third-order valence-electron chi connectivity index (χ3n) is 2.57. The molecular formula is C12H13F2N3O. The van der Waals surface area contributed by atoms with E-state index in [0.717, 1.165) is 6.07 Å². The zero-order valence-corrected chi connectivity index (χ0v) is 10.1. The predicted octanol–water partition coefficient (Wildman–Crippen LogP) is 2.22. The fourth-order valence-electron chi connectivity index (χ4n) is 1.53. The highest BCUT2D eigenvalue weighted by Gasteiger charge is 2.13. The minimum Gasteiger partial charge on any atom is -0.338 e. The van der Waals surface area contributed by atoms with Crippen LogP contribution in [0.4, 0.5) is 8.78 Å². The molecular weight excluding hydrogens is 240 g/mol. The van der Waals surface area contributed by atoms with Gasteiger partial charge >= 0.3 is 0 Å². The number of hydrogen-bond acceptors (Lipinski definition) is 4. The van der Waals surface area contributed by atoms with Crippen LogP contribution in [0.1, 0.15) is 30.2 Å². The second-order valence-electron chi connectivity index (χ2n) is 4.01. The Morgan fingerprint density at radius 1 is 1.28 bits per heavy atom. The molecule has 0 fully saturated rings. The van der Waals surface area contributed by atoms with Crippen molar-refractivity contribution >= 4 is 0 Å². The molecule has 0 spiro atoms. The van der Waals surface area contributed by atoms with Crippen LogP contribution in [0.3, 0.4) is 0 Å². The van der Waals surface area contributed by atoms with Crippen LogP contribution in [0, 0.1) is 11.6 Å². The Morgan fingerprint density at radius 2 is 1.94 bits per heavy atom. The second kappa shape index (κ2) is 5.22. The van der Waals surface area contributed by atoms with E-state index in [0.29, 0.717) is 17.3 Å². The van der Waals surface area contributed by atoms with Gasteiger partial charge in [0.25, 0.3) is 0 Å². The first-order chi connectivity index (χ1) is 8.58. The van der Waals surface area contributed by atoms with Gasteiger partial charge in [-0.25, -0.2) is 8.78 Å². The number of aromatic nitrogens is 2. The monoisotopic (exact) mass is 253 g/mol. The Bertz CT molecular complexity index is 522. The number of benzene rings is 1. The number of nitrogens with one attached hydrogen (secondary N) is 1. The summed E-state index contributed by atoms with van der Waals surface area (Å²) < 4.78 is 31.0. The maximum atomic E-state index is 13.0. The molecule has 0 amide bonds. The van der Waals surface area contributed by atoms with E-state index >= 15 is 0 Å². The highest BCUT2D eigenvalue weighted by atomic mass is 19.1. The topological polar surface area (TPSA) is 51.0 Å². The van der Waals surface area contributed by atoms with E-state index in [9.17, 15) is 8.78 Å². The zero-order chi connectivity index (χ0) is 13.1. The second-order valence-corrected chi connectivity index (χ2v) is 4.01. The fraction of sp³-hybridized carbons (Fsp3) is 0.333. The number of halogens is 2. The van der Waals surface area contributed by atoms with Crippen molar-refractivity contribution in [2.45, 2.75) is 19.4 Å². The van der Waals surface area contributed by atoms with E-state index in [1.807, 2.05) is 6.92 Å². The maximum Gasteiger partial charge on any atom is 0.243 e. The zero-order valence-electron chi connectivity index (χ0n) is 10.1. The van der Waals surface area contributed by atoms with Crippen LogP contribution in [-0.2, 0) is 6.42 Å². The van der Waals surface area contributed by atoms with Gasteiger partial charge in [-0.1, -0.05) is 5.16 Å². The summed E-state index contributed by atoms with van der Waals surface area (Å²) >= 11 is 0. The molecule has 0 aliphatic rings. The molecule has 0 radical (unpaired) electrons. The molecule has 0 aliphatic carbocycles. The molecule has 1 N–H and O–H groups in total. The van der Waals surface area contributed by atoms with E-state index in [1.165, 1.54) is 12.1 Å². The lowest BCUT2D eigenvalue weighted by molar-refractivity contribution is 0.344. The molecule has 1 unspecified atom stereocenters. The van der Waals surface area contributed by atoms with E-state index < -0.39 is 11.6 Å². The van der Waals surface area contributed by atoms with Crippen LogP contribution in [-0.4, -0.2) is 17.2 Å². The van der Waals surface area contributed by atoms with Crippen molar-refractivity contribution in [1.82, 2.24) is 15.5 Å². The molecule has 96 valence electrons. The van der Waals surface area contributed by atoms with Gasteiger partial charge in [-0.3, -0.25) is 0 Å². The van der Waals surface area contributed by atoms with Crippen molar-refractivity contribution < 1.29 is 13.3 Å².